The number of rotatable bonds is 49. The van der Waals surface area contributed by atoms with Gasteiger partial charge in [0.2, 0.25) is 5.91 Å². The molecule has 0 aromatic heterocycles. The molecular weight excluding hydrogens is 991 g/mol. The van der Waals surface area contributed by atoms with Gasteiger partial charge in [-0.3, -0.25) is 9.59 Å². The van der Waals surface area contributed by atoms with E-state index in [0.29, 0.717) is 19.3 Å². The van der Waals surface area contributed by atoms with Crippen molar-refractivity contribution in [1.82, 2.24) is 5.32 Å². The van der Waals surface area contributed by atoms with Crippen molar-refractivity contribution in [1.29, 1.82) is 0 Å². The second kappa shape index (κ2) is 54.1. The molecule has 0 aromatic rings. The van der Waals surface area contributed by atoms with Crippen LogP contribution in [0.2, 0.25) is 0 Å². The van der Waals surface area contributed by atoms with Gasteiger partial charge in [0.15, 0.2) is 12.4 Å². The number of ether oxygens (including phenoxy) is 3. The number of aliphatic hydroxyl groups excluding tert-OH is 5. The smallest absolute Gasteiger partial charge is 0.306 e. The van der Waals surface area contributed by atoms with Gasteiger partial charge in [0.1, 0.15) is 24.4 Å². The van der Waals surface area contributed by atoms with Crippen LogP contribution in [0.4, 0.5) is 0 Å². The number of nitrogens with one attached hydrogen (secondary N) is 1. The summed E-state index contributed by atoms with van der Waals surface area (Å²) in [5.74, 6) is -1.29. The Labute approximate surface area is 479 Å². The second-order valence-corrected chi connectivity index (χ2v) is 20.3. The molecule has 1 aliphatic heterocycles. The van der Waals surface area contributed by atoms with E-state index in [1.165, 1.54) is 38.5 Å². The van der Waals surface area contributed by atoms with Gasteiger partial charge in [-0.1, -0.05) is 224 Å². The van der Waals surface area contributed by atoms with Gasteiger partial charge in [-0.15, -0.1) is 0 Å². The predicted octanol–water partition coefficient (Wildman–Crippen LogP) is 14.6. The zero-order valence-corrected chi connectivity index (χ0v) is 49.2. The van der Waals surface area contributed by atoms with Crippen LogP contribution >= 0.6 is 0 Å². The van der Waals surface area contributed by atoms with E-state index in [2.05, 4.69) is 154 Å². The number of amides is 1. The van der Waals surface area contributed by atoms with Gasteiger partial charge in [0.25, 0.3) is 0 Å². The molecule has 1 fully saturated rings. The van der Waals surface area contributed by atoms with Gasteiger partial charge in [0.05, 0.1) is 25.4 Å². The number of aliphatic hydroxyl groups is 5. The minimum atomic E-state index is -1.65. The number of allylic oxidation sites excluding steroid dienone is 23. The fourth-order valence-electron chi connectivity index (χ4n) is 8.45. The van der Waals surface area contributed by atoms with Gasteiger partial charge < -0.3 is 45.1 Å². The normalized spacial score (nSPS) is 19.9. The molecule has 0 bridgehead atoms. The summed E-state index contributed by atoms with van der Waals surface area (Å²) < 4.78 is 17.5. The molecule has 1 rings (SSSR count). The zero-order valence-electron chi connectivity index (χ0n) is 49.2. The van der Waals surface area contributed by atoms with Gasteiger partial charge in [0, 0.05) is 6.42 Å². The maximum atomic E-state index is 13.4. The maximum Gasteiger partial charge on any atom is 0.306 e. The lowest BCUT2D eigenvalue weighted by Crippen LogP contribution is -2.61. The Morgan fingerprint density at radius 1 is 0.506 bits per heavy atom. The molecule has 0 aromatic carbocycles. The van der Waals surface area contributed by atoms with Crippen LogP contribution in [-0.4, -0.2) is 99.6 Å². The quantitative estimate of drug-likeness (QED) is 0.0195. The molecule has 8 atom stereocenters. The second-order valence-electron chi connectivity index (χ2n) is 20.3. The highest BCUT2D eigenvalue weighted by Gasteiger charge is 2.47. The van der Waals surface area contributed by atoms with Gasteiger partial charge >= 0.3 is 5.97 Å². The first-order valence-corrected chi connectivity index (χ1v) is 30.6. The standard InChI is InChI=1S/C68H109NO10/c1-4-7-10-13-16-19-22-24-26-28-30-32-33-35-37-40-43-46-49-52-55-61(72)67(76)69-59(60(71)54-51-48-45-42-39-21-18-15-12-9-6-3)58-77-68-66(65(75)64(74)62(57-70)78-68)79-63(73)56-53-50-47-44-41-38-36-34-31-29-27-25-23-20-17-14-11-8-5-2/h7-8,10-11,16-17,19-20,24-27,30-32,34-35,37-38,41,43,46,51,54,59-62,64-66,68,70-72,74-75H,4-6,9,12-15,18,21-23,28-29,33,36,39-40,42,44-45,47-50,52-53,55-58H2,1-3H3,(H,69,76)/b10-7-,11-8-,19-16-,20-17-,26-24-,27-25-,32-30-,34-31-,37-35-,41-38-,46-43-,54-51+. The lowest BCUT2D eigenvalue weighted by molar-refractivity contribution is -0.305. The van der Waals surface area contributed by atoms with Gasteiger partial charge in [-0.05, 0) is 122 Å². The molecule has 11 nitrogen and oxygen atoms in total. The molecule has 79 heavy (non-hydrogen) atoms. The van der Waals surface area contributed by atoms with E-state index in [4.69, 9.17) is 14.2 Å². The zero-order chi connectivity index (χ0) is 57.5. The third-order valence-corrected chi connectivity index (χ3v) is 13.2. The van der Waals surface area contributed by atoms with Crippen molar-refractivity contribution in [3.63, 3.8) is 0 Å². The minimum absolute atomic E-state index is 0.0697. The van der Waals surface area contributed by atoms with Crippen LogP contribution in [0.15, 0.2) is 146 Å². The van der Waals surface area contributed by atoms with Crippen LogP contribution in [-0.2, 0) is 23.8 Å². The maximum absolute atomic E-state index is 13.4. The Morgan fingerprint density at radius 3 is 1.37 bits per heavy atom. The van der Waals surface area contributed by atoms with Crippen molar-refractivity contribution >= 4 is 11.9 Å². The van der Waals surface area contributed by atoms with Gasteiger partial charge in [-0.2, -0.15) is 0 Å². The molecule has 0 saturated carbocycles. The van der Waals surface area contributed by atoms with Gasteiger partial charge in [-0.25, -0.2) is 0 Å². The number of esters is 1. The first-order valence-electron chi connectivity index (χ1n) is 30.6. The summed E-state index contributed by atoms with van der Waals surface area (Å²) in [7, 11) is 0. The topological polar surface area (TPSA) is 175 Å². The molecule has 8 unspecified atom stereocenters. The average Bonchev–Trinajstić information content (AvgIpc) is 3.45. The summed E-state index contributed by atoms with van der Waals surface area (Å²) in [5.41, 5.74) is 0. The van der Waals surface area contributed by atoms with E-state index in [9.17, 15) is 35.1 Å². The summed E-state index contributed by atoms with van der Waals surface area (Å²) in [5, 5.41) is 56.9. The Bertz CT molecular complexity index is 1840. The Balaban J connectivity index is 2.74. The van der Waals surface area contributed by atoms with Crippen LogP contribution in [0, 0.1) is 0 Å². The molecule has 0 aliphatic carbocycles. The van der Waals surface area contributed by atoms with Crippen molar-refractivity contribution in [2.75, 3.05) is 13.2 Å². The summed E-state index contributed by atoms with van der Waals surface area (Å²) in [6.07, 6.45) is 67.4. The number of hydrogen-bond acceptors (Lipinski definition) is 10. The SMILES string of the molecule is CC/C=C\C/C=C\C/C=C\C/C=C\C/C=C\C/C=C\CCCC(O)C(=O)NC(COC1OC(CO)C(O)C(O)C1OC(=O)CCCCC/C=C\C/C=C\C/C=C\C/C=C\C/C=C\CC)C(O)/C=C/CCCCCCCCCCC. The lowest BCUT2D eigenvalue weighted by Gasteiger charge is -2.41. The fraction of sp³-hybridized carbons (Fsp3) is 0.618. The Hall–Kier alpha value is -4.46. The van der Waals surface area contributed by atoms with Crippen molar-refractivity contribution in [3.05, 3.63) is 146 Å². The largest absolute Gasteiger partial charge is 0.454 e. The summed E-state index contributed by atoms with van der Waals surface area (Å²) in [6, 6.07) is -1.07. The number of hydrogen-bond donors (Lipinski definition) is 6. The van der Waals surface area contributed by atoms with Crippen LogP contribution in [0.3, 0.4) is 0 Å². The number of carbonyl (C=O) groups excluding carboxylic acids is 2. The Kier molecular flexibility index (Phi) is 49.7. The predicted molar refractivity (Wildman–Crippen MR) is 328 cm³/mol. The van der Waals surface area contributed by atoms with E-state index in [1.807, 2.05) is 12.2 Å². The average molecular weight is 1100 g/mol. The molecule has 446 valence electrons. The molecule has 1 amide bonds. The third kappa shape index (κ3) is 42.1. The molecule has 1 saturated heterocycles. The van der Waals surface area contributed by atoms with Crippen LogP contribution in [0.1, 0.15) is 207 Å². The summed E-state index contributed by atoms with van der Waals surface area (Å²) in [6.45, 7) is 5.48. The molecule has 11 heteroatoms. The summed E-state index contributed by atoms with van der Waals surface area (Å²) in [4.78, 5) is 26.5. The fourth-order valence-corrected chi connectivity index (χ4v) is 8.45. The van der Waals surface area contributed by atoms with E-state index < -0.39 is 67.4 Å². The molecule has 1 aliphatic rings. The van der Waals surface area contributed by atoms with Crippen molar-refractivity contribution < 1.29 is 49.3 Å². The first kappa shape index (κ1) is 72.6. The van der Waals surface area contributed by atoms with Crippen molar-refractivity contribution in [2.24, 2.45) is 0 Å². The number of unbranched alkanes of at least 4 members (excludes halogenated alkanes) is 13. The van der Waals surface area contributed by atoms with Crippen LogP contribution < -0.4 is 5.32 Å². The highest BCUT2D eigenvalue weighted by molar-refractivity contribution is 5.80. The highest BCUT2D eigenvalue weighted by atomic mass is 16.7. The molecule has 1 heterocycles. The first-order chi connectivity index (χ1) is 38.7. The molecule has 6 N–H and O–H groups in total. The Morgan fingerprint density at radius 2 is 0.911 bits per heavy atom. The van der Waals surface area contributed by atoms with Crippen LogP contribution in [0.25, 0.3) is 0 Å². The van der Waals surface area contributed by atoms with E-state index in [1.54, 1.807) is 6.08 Å². The highest BCUT2D eigenvalue weighted by Crippen LogP contribution is 2.26. The number of carbonyl (C=O) groups is 2. The van der Waals surface area contributed by atoms with Crippen molar-refractivity contribution in [2.45, 2.75) is 256 Å². The molecule has 0 radical (unpaired) electrons. The summed E-state index contributed by atoms with van der Waals surface area (Å²) >= 11 is 0. The monoisotopic (exact) mass is 1100 g/mol. The molecule has 0 spiro atoms. The van der Waals surface area contributed by atoms with Crippen molar-refractivity contribution in [3.8, 4) is 0 Å². The van der Waals surface area contributed by atoms with E-state index in [-0.39, 0.29) is 19.4 Å². The lowest BCUT2D eigenvalue weighted by atomic mass is 9.99. The van der Waals surface area contributed by atoms with E-state index in [0.717, 1.165) is 116 Å². The minimum Gasteiger partial charge on any atom is -0.454 e. The molecular formula is C68H109NO10. The van der Waals surface area contributed by atoms with E-state index >= 15 is 0 Å². The third-order valence-electron chi connectivity index (χ3n) is 13.2. The van der Waals surface area contributed by atoms with Crippen LogP contribution in [0.5, 0.6) is 0 Å².